The molecule has 0 heterocycles. The minimum absolute atomic E-state index is 0.0875. The van der Waals surface area contributed by atoms with Gasteiger partial charge < -0.3 is 14.2 Å². The summed E-state index contributed by atoms with van der Waals surface area (Å²) in [5, 5.41) is 0. The van der Waals surface area contributed by atoms with Gasteiger partial charge in [0.2, 0.25) is 6.29 Å². The first-order valence-corrected chi connectivity index (χ1v) is 11.8. The van der Waals surface area contributed by atoms with Gasteiger partial charge in [0.05, 0.1) is 19.8 Å². The fraction of sp³-hybridized carbons (Fsp3) is 0.731. The number of allylic oxidation sites excluding steroid dienone is 2. The molecule has 0 aromatic rings. The highest BCUT2D eigenvalue weighted by Crippen LogP contribution is 2.06. The second kappa shape index (κ2) is 22.1. The molecule has 0 saturated carbocycles. The molecule has 1 atom stereocenters. The molecule has 30 heavy (non-hydrogen) atoms. The number of ether oxygens (including phenoxy) is 3. The van der Waals surface area contributed by atoms with Crippen LogP contribution in [-0.4, -0.2) is 32.1 Å². The zero-order chi connectivity index (χ0) is 22.3. The van der Waals surface area contributed by atoms with Crippen molar-refractivity contribution in [3.63, 3.8) is 0 Å². The van der Waals surface area contributed by atoms with Gasteiger partial charge in [-0.3, -0.25) is 4.79 Å². The second-order valence-corrected chi connectivity index (χ2v) is 7.60. The van der Waals surface area contributed by atoms with Crippen molar-refractivity contribution in [2.75, 3.05) is 19.8 Å². The van der Waals surface area contributed by atoms with E-state index in [1.807, 2.05) is 12.2 Å². The fourth-order valence-corrected chi connectivity index (χ4v) is 2.36. The van der Waals surface area contributed by atoms with E-state index in [9.17, 15) is 4.79 Å². The van der Waals surface area contributed by atoms with Crippen LogP contribution < -0.4 is 0 Å². The molecule has 0 aromatic carbocycles. The molecule has 0 rings (SSSR count). The highest BCUT2D eigenvalue weighted by Gasteiger charge is 2.06. The van der Waals surface area contributed by atoms with E-state index in [-0.39, 0.29) is 5.97 Å². The van der Waals surface area contributed by atoms with Crippen molar-refractivity contribution in [2.45, 2.75) is 98.2 Å². The number of carbonyl (C=O) groups is 1. The lowest BCUT2D eigenvalue weighted by Crippen LogP contribution is -2.15. The van der Waals surface area contributed by atoms with E-state index in [0.717, 1.165) is 57.8 Å². The molecular formula is C26H44O4. The quantitative estimate of drug-likeness (QED) is 0.0823. The van der Waals surface area contributed by atoms with Gasteiger partial charge in [0.1, 0.15) is 0 Å². The second-order valence-electron chi connectivity index (χ2n) is 7.60. The van der Waals surface area contributed by atoms with Crippen molar-refractivity contribution < 1.29 is 19.0 Å². The molecule has 172 valence electrons. The first-order chi connectivity index (χ1) is 14.6. The van der Waals surface area contributed by atoms with Crippen LogP contribution >= 0.6 is 0 Å². The Bertz CT molecular complexity index is 493. The van der Waals surface area contributed by atoms with Gasteiger partial charge in [-0.05, 0) is 37.5 Å². The monoisotopic (exact) mass is 420 g/mol. The SMILES string of the molecule is CCC/C=C/COC(C#CCCCCCC(=O)OCC(C)CC)OC/C=C/CCC. The molecule has 0 fully saturated rings. The van der Waals surface area contributed by atoms with Crippen molar-refractivity contribution >= 4 is 5.97 Å². The van der Waals surface area contributed by atoms with Crippen molar-refractivity contribution in [3.05, 3.63) is 24.3 Å². The van der Waals surface area contributed by atoms with Crippen LogP contribution in [0.15, 0.2) is 24.3 Å². The first kappa shape index (κ1) is 28.4. The summed E-state index contributed by atoms with van der Waals surface area (Å²) in [5.74, 6) is 6.60. The largest absolute Gasteiger partial charge is 0.465 e. The number of unbranched alkanes of at least 4 members (excludes halogenated alkanes) is 5. The summed E-state index contributed by atoms with van der Waals surface area (Å²) in [5.41, 5.74) is 0. The summed E-state index contributed by atoms with van der Waals surface area (Å²) in [6.45, 7) is 10.1. The summed E-state index contributed by atoms with van der Waals surface area (Å²) in [4.78, 5) is 11.7. The zero-order valence-corrected chi connectivity index (χ0v) is 19.8. The van der Waals surface area contributed by atoms with Crippen LogP contribution in [0.4, 0.5) is 0 Å². The Balaban J connectivity index is 4.10. The molecule has 0 aliphatic heterocycles. The maximum atomic E-state index is 11.7. The number of carbonyl (C=O) groups excluding carboxylic acids is 1. The van der Waals surface area contributed by atoms with Gasteiger partial charge in [-0.1, -0.05) is 83.6 Å². The molecule has 0 aliphatic rings. The van der Waals surface area contributed by atoms with Gasteiger partial charge >= 0.3 is 5.97 Å². The Labute approximate surface area is 185 Å². The van der Waals surface area contributed by atoms with E-state index in [2.05, 4.69) is 51.7 Å². The molecular weight excluding hydrogens is 376 g/mol. The highest BCUT2D eigenvalue weighted by molar-refractivity contribution is 5.69. The third kappa shape index (κ3) is 19.7. The third-order valence-electron chi connectivity index (χ3n) is 4.56. The Morgan fingerprint density at radius 2 is 1.53 bits per heavy atom. The van der Waals surface area contributed by atoms with E-state index in [4.69, 9.17) is 14.2 Å². The van der Waals surface area contributed by atoms with E-state index in [1.54, 1.807) is 0 Å². The Morgan fingerprint density at radius 1 is 0.900 bits per heavy atom. The molecule has 0 radical (unpaired) electrons. The van der Waals surface area contributed by atoms with Crippen LogP contribution in [0, 0.1) is 17.8 Å². The van der Waals surface area contributed by atoms with Crippen molar-refractivity contribution in [2.24, 2.45) is 5.92 Å². The minimum Gasteiger partial charge on any atom is -0.465 e. The average molecular weight is 421 g/mol. The van der Waals surface area contributed by atoms with Crippen molar-refractivity contribution in [1.82, 2.24) is 0 Å². The Morgan fingerprint density at radius 3 is 2.10 bits per heavy atom. The predicted octanol–water partition coefficient (Wildman–Crippen LogP) is 6.60. The van der Waals surface area contributed by atoms with Crippen LogP contribution in [0.25, 0.3) is 0 Å². The van der Waals surface area contributed by atoms with Gasteiger partial charge in [-0.15, -0.1) is 0 Å². The summed E-state index contributed by atoms with van der Waals surface area (Å²) >= 11 is 0. The van der Waals surface area contributed by atoms with Crippen LogP contribution in [0.1, 0.15) is 91.9 Å². The maximum absolute atomic E-state index is 11.7. The zero-order valence-electron chi connectivity index (χ0n) is 19.8. The molecule has 0 amide bonds. The molecule has 0 spiro atoms. The average Bonchev–Trinajstić information content (AvgIpc) is 2.75. The number of hydrogen-bond acceptors (Lipinski definition) is 4. The van der Waals surface area contributed by atoms with Crippen LogP contribution in [0.3, 0.4) is 0 Å². The molecule has 4 heteroatoms. The lowest BCUT2D eigenvalue weighted by molar-refractivity contribution is -0.145. The highest BCUT2D eigenvalue weighted by atomic mass is 16.7. The van der Waals surface area contributed by atoms with Gasteiger partial charge in [0, 0.05) is 12.8 Å². The van der Waals surface area contributed by atoms with Crippen molar-refractivity contribution in [3.8, 4) is 11.8 Å². The van der Waals surface area contributed by atoms with E-state index < -0.39 is 6.29 Å². The molecule has 0 N–H and O–H groups in total. The first-order valence-electron chi connectivity index (χ1n) is 11.8. The number of esters is 1. The van der Waals surface area contributed by atoms with Crippen LogP contribution in [-0.2, 0) is 19.0 Å². The van der Waals surface area contributed by atoms with Gasteiger partial charge in [0.25, 0.3) is 0 Å². The van der Waals surface area contributed by atoms with E-state index in [0.29, 0.717) is 32.2 Å². The predicted molar refractivity (Wildman–Crippen MR) is 125 cm³/mol. The van der Waals surface area contributed by atoms with Crippen LogP contribution in [0.5, 0.6) is 0 Å². The molecule has 0 saturated heterocycles. The smallest absolute Gasteiger partial charge is 0.305 e. The van der Waals surface area contributed by atoms with Crippen LogP contribution in [0.2, 0.25) is 0 Å². The van der Waals surface area contributed by atoms with E-state index in [1.165, 1.54) is 0 Å². The van der Waals surface area contributed by atoms with Gasteiger partial charge in [-0.25, -0.2) is 0 Å². The van der Waals surface area contributed by atoms with Gasteiger partial charge in [0.15, 0.2) is 0 Å². The number of hydrogen-bond donors (Lipinski definition) is 0. The lowest BCUT2D eigenvalue weighted by atomic mass is 10.1. The Kier molecular flexibility index (Phi) is 21.0. The topological polar surface area (TPSA) is 44.8 Å². The fourth-order valence-electron chi connectivity index (χ4n) is 2.36. The minimum atomic E-state index is -0.502. The molecule has 1 unspecified atom stereocenters. The Hall–Kier alpha value is -1.57. The van der Waals surface area contributed by atoms with E-state index >= 15 is 0 Å². The van der Waals surface area contributed by atoms with Crippen molar-refractivity contribution in [1.29, 1.82) is 0 Å². The van der Waals surface area contributed by atoms with Gasteiger partial charge in [-0.2, -0.15) is 0 Å². The molecule has 0 aromatic heterocycles. The standard InChI is InChI=1S/C26H44O4/c1-5-8-10-17-21-28-26(29-22-18-11-9-6-2)20-16-14-12-13-15-19-25(27)30-23-24(4)7-3/h10-11,17-18,24,26H,5-9,12-15,19,21-23H2,1-4H3/b17-10+,18-11+. The summed E-state index contributed by atoms with van der Waals surface area (Å²) < 4.78 is 16.7. The summed E-state index contributed by atoms with van der Waals surface area (Å²) in [6.07, 6.45) is 17.3. The molecule has 0 bridgehead atoms. The number of rotatable bonds is 18. The molecule has 4 nitrogen and oxygen atoms in total. The summed E-state index contributed by atoms with van der Waals surface area (Å²) in [6, 6.07) is 0. The normalized spacial score (nSPS) is 12.4. The lowest BCUT2D eigenvalue weighted by Gasteiger charge is -2.10. The molecule has 0 aliphatic carbocycles. The maximum Gasteiger partial charge on any atom is 0.305 e. The third-order valence-corrected chi connectivity index (χ3v) is 4.56. The summed E-state index contributed by atoms with van der Waals surface area (Å²) in [7, 11) is 0.